The second-order valence-electron chi connectivity index (χ2n) is 6.10. The number of carbonyl (C=O) groups is 2. The Morgan fingerprint density at radius 1 is 1.32 bits per heavy atom. The Hall–Kier alpha value is -2.09. The summed E-state index contributed by atoms with van der Waals surface area (Å²) in [7, 11) is -3.05. The molecule has 0 spiro atoms. The number of carbonyl (C=O) groups excluding carboxylic acids is 2. The average Bonchev–Trinajstić information content (AvgIpc) is 2.88. The summed E-state index contributed by atoms with van der Waals surface area (Å²) in [5, 5.41) is 2.56. The van der Waals surface area contributed by atoms with Gasteiger partial charge >= 0.3 is 5.97 Å². The molecule has 25 heavy (non-hydrogen) atoms. The predicted octanol–water partition coefficient (Wildman–Crippen LogP) is 1.00. The summed E-state index contributed by atoms with van der Waals surface area (Å²) >= 11 is 0. The van der Waals surface area contributed by atoms with Crippen molar-refractivity contribution in [2.24, 2.45) is 0 Å². The number of nitrogens with one attached hydrogen (secondary N) is 1. The van der Waals surface area contributed by atoms with Gasteiger partial charge in [-0.15, -0.1) is 0 Å². The van der Waals surface area contributed by atoms with E-state index in [2.05, 4.69) is 5.32 Å². The summed E-state index contributed by atoms with van der Waals surface area (Å²) in [6.45, 7) is 1.95. The van der Waals surface area contributed by atoms with Gasteiger partial charge in [0, 0.05) is 12.5 Å². The molecule has 0 saturated carbocycles. The van der Waals surface area contributed by atoms with Crippen LogP contribution in [0.2, 0.25) is 0 Å². The summed E-state index contributed by atoms with van der Waals surface area (Å²) in [5.41, 5.74) is 1.10. The molecular formula is C17H23NO6S. The lowest BCUT2D eigenvalue weighted by atomic mass is 10.2. The molecule has 2 rings (SSSR count). The molecule has 7 nitrogen and oxygen atoms in total. The van der Waals surface area contributed by atoms with Crippen molar-refractivity contribution in [1.82, 2.24) is 5.32 Å². The minimum atomic E-state index is -3.05. The van der Waals surface area contributed by atoms with Gasteiger partial charge in [-0.2, -0.15) is 0 Å². The number of amides is 1. The molecule has 0 aromatic heterocycles. The molecule has 1 atom stereocenters. The molecule has 1 N–H and O–H groups in total. The first kappa shape index (κ1) is 19.2. The van der Waals surface area contributed by atoms with Crippen molar-refractivity contribution in [2.45, 2.75) is 32.2 Å². The highest BCUT2D eigenvalue weighted by Gasteiger charge is 2.28. The number of sulfone groups is 1. The van der Waals surface area contributed by atoms with Gasteiger partial charge in [0.1, 0.15) is 5.75 Å². The van der Waals surface area contributed by atoms with Gasteiger partial charge in [0.2, 0.25) is 0 Å². The summed E-state index contributed by atoms with van der Waals surface area (Å²) in [5.74, 6) is -0.186. The van der Waals surface area contributed by atoms with Crippen molar-refractivity contribution in [2.75, 3.05) is 24.7 Å². The van der Waals surface area contributed by atoms with Crippen LogP contribution in [-0.4, -0.2) is 51.1 Å². The Labute approximate surface area is 147 Å². The van der Waals surface area contributed by atoms with Gasteiger partial charge in [-0.25, -0.2) is 8.42 Å². The molecule has 1 unspecified atom stereocenters. The second-order valence-corrected chi connectivity index (χ2v) is 8.33. The van der Waals surface area contributed by atoms with Gasteiger partial charge in [-0.1, -0.05) is 12.1 Å². The van der Waals surface area contributed by atoms with Crippen LogP contribution in [0.15, 0.2) is 24.3 Å². The van der Waals surface area contributed by atoms with E-state index in [4.69, 9.17) is 9.47 Å². The van der Waals surface area contributed by atoms with E-state index in [0.29, 0.717) is 19.4 Å². The van der Waals surface area contributed by atoms with Gasteiger partial charge < -0.3 is 14.8 Å². The minimum absolute atomic E-state index is 0.0526. The number of rotatable bonds is 8. The van der Waals surface area contributed by atoms with Crippen LogP contribution in [0.5, 0.6) is 5.75 Å². The van der Waals surface area contributed by atoms with Gasteiger partial charge in [-0.05, 0) is 37.5 Å². The predicted molar refractivity (Wildman–Crippen MR) is 92.1 cm³/mol. The van der Waals surface area contributed by atoms with E-state index in [0.717, 1.165) is 11.3 Å². The number of hydrogen-bond acceptors (Lipinski definition) is 6. The Morgan fingerprint density at radius 3 is 2.80 bits per heavy atom. The fourth-order valence-corrected chi connectivity index (χ4v) is 4.18. The van der Waals surface area contributed by atoms with Crippen molar-refractivity contribution in [1.29, 1.82) is 0 Å². The zero-order valence-corrected chi connectivity index (χ0v) is 15.0. The van der Waals surface area contributed by atoms with Crippen molar-refractivity contribution < 1.29 is 27.5 Å². The van der Waals surface area contributed by atoms with Crippen LogP contribution in [0.25, 0.3) is 0 Å². The summed E-state index contributed by atoms with van der Waals surface area (Å²) in [4.78, 5) is 23.3. The Kier molecular flexibility index (Phi) is 6.81. The molecule has 0 radical (unpaired) electrons. The van der Waals surface area contributed by atoms with Crippen molar-refractivity contribution in [3.63, 3.8) is 0 Å². The third-order valence-corrected chi connectivity index (χ3v) is 5.51. The molecule has 0 bridgehead atoms. The molecule has 0 aliphatic carbocycles. The van der Waals surface area contributed by atoms with Crippen molar-refractivity contribution in [3.8, 4) is 5.75 Å². The van der Waals surface area contributed by atoms with Crippen LogP contribution < -0.4 is 10.1 Å². The molecule has 1 heterocycles. The van der Waals surface area contributed by atoms with E-state index in [9.17, 15) is 18.0 Å². The van der Waals surface area contributed by atoms with Crippen LogP contribution >= 0.6 is 0 Å². The number of benzene rings is 1. The SMILES string of the molecule is Cc1cccc(OCCCC(=O)OCC(=O)NC2CCS(=O)(=O)C2)c1. The molecule has 1 fully saturated rings. The van der Waals surface area contributed by atoms with Crippen molar-refractivity contribution in [3.05, 3.63) is 29.8 Å². The van der Waals surface area contributed by atoms with E-state index in [1.54, 1.807) is 0 Å². The van der Waals surface area contributed by atoms with Crippen LogP contribution in [-0.2, 0) is 24.2 Å². The normalized spacial score (nSPS) is 18.5. The summed E-state index contributed by atoms with van der Waals surface area (Å²) in [6.07, 6.45) is 1.03. The Bertz CT molecular complexity index is 716. The van der Waals surface area contributed by atoms with E-state index in [1.165, 1.54) is 0 Å². The van der Waals surface area contributed by atoms with E-state index in [-0.39, 0.29) is 24.0 Å². The zero-order valence-electron chi connectivity index (χ0n) is 14.2. The largest absolute Gasteiger partial charge is 0.494 e. The molecule has 1 aromatic rings. The van der Waals surface area contributed by atoms with Crippen LogP contribution in [0.1, 0.15) is 24.8 Å². The lowest BCUT2D eigenvalue weighted by molar-refractivity contribution is -0.148. The maximum atomic E-state index is 11.7. The van der Waals surface area contributed by atoms with Crippen LogP contribution in [0.3, 0.4) is 0 Å². The second kappa shape index (κ2) is 8.84. The smallest absolute Gasteiger partial charge is 0.306 e. The highest BCUT2D eigenvalue weighted by atomic mass is 32.2. The molecule has 1 saturated heterocycles. The molecule has 8 heteroatoms. The van der Waals surface area contributed by atoms with E-state index < -0.39 is 28.3 Å². The lowest BCUT2D eigenvalue weighted by Crippen LogP contribution is -2.38. The highest BCUT2D eigenvalue weighted by Crippen LogP contribution is 2.13. The summed E-state index contributed by atoms with van der Waals surface area (Å²) < 4.78 is 33.0. The molecular weight excluding hydrogens is 346 g/mol. The number of esters is 1. The lowest BCUT2D eigenvalue weighted by Gasteiger charge is -2.11. The standard InChI is InChI=1S/C17H23NO6S/c1-13-4-2-5-15(10-13)23-8-3-6-17(20)24-11-16(19)18-14-7-9-25(21,22)12-14/h2,4-5,10,14H,3,6-9,11-12H2,1H3,(H,18,19). The molecule has 1 amide bonds. The number of ether oxygens (including phenoxy) is 2. The van der Waals surface area contributed by atoms with Crippen LogP contribution in [0, 0.1) is 6.92 Å². The highest BCUT2D eigenvalue weighted by molar-refractivity contribution is 7.91. The quantitative estimate of drug-likeness (QED) is 0.542. The van der Waals surface area contributed by atoms with Gasteiger partial charge in [-0.3, -0.25) is 9.59 Å². The molecule has 1 aromatic carbocycles. The number of hydrogen-bond donors (Lipinski definition) is 1. The average molecular weight is 369 g/mol. The fourth-order valence-electron chi connectivity index (χ4n) is 2.51. The maximum Gasteiger partial charge on any atom is 0.306 e. The summed E-state index contributed by atoms with van der Waals surface area (Å²) in [6, 6.07) is 7.23. The molecule has 1 aliphatic rings. The minimum Gasteiger partial charge on any atom is -0.494 e. The zero-order chi connectivity index (χ0) is 18.3. The molecule has 138 valence electrons. The first-order chi connectivity index (χ1) is 11.8. The first-order valence-electron chi connectivity index (χ1n) is 8.19. The maximum absolute atomic E-state index is 11.7. The van der Waals surface area contributed by atoms with Crippen LogP contribution in [0.4, 0.5) is 0 Å². The van der Waals surface area contributed by atoms with E-state index >= 15 is 0 Å². The monoisotopic (exact) mass is 369 g/mol. The number of aryl methyl sites for hydroxylation is 1. The first-order valence-corrected chi connectivity index (χ1v) is 10.0. The third kappa shape index (κ3) is 7.13. The van der Waals surface area contributed by atoms with E-state index in [1.807, 2.05) is 31.2 Å². The fraction of sp³-hybridized carbons (Fsp3) is 0.529. The van der Waals surface area contributed by atoms with Crippen molar-refractivity contribution >= 4 is 21.7 Å². The van der Waals surface area contributed by atoms with Gasteiger partial charge in [0.05, 0.1) is 18.1 Å². The van der Waals surface area contributed by atoms with Gasteiger partial charge in [0.25, 0.3) is 5.91 Å². The third-order valence-electron chi connectivity index (χ3n) is 3.75. The Balaban J connectivity index is 1.57. The topological polar surface area (TPSA) is 98.8 Å². The van der Waals surface area contributed by atoms with Gasteiger partial charge in [0.15, 0.2) is 16.4 Å². The molecule has 1 aliphatic heterocycles. The Morgan fingerprint density at radius 2 is 2.12 bits per heavy atom.